The highest BCUT2D eigenvalue weighted by molar-refractivity contribution is 5.91. The molecule has 2 aromatic rings. The topological polar surface area (TPSA) is 88.3 Å². The normalized spacial score (nSPS) is 11.7. The second kappa shape index (κ2) is 6.96. The number of nitrogens with two attached hydrogens (primary N) is 1. The molecule has 1 atom stereocenters. The van der Waals surface area contributed by atoms with Gasteiger partial charge < -0.3 is 20.6 Å². The number of hydrogen-bond acceptors (Lipinski definition) is 3. The average Bonchev–Trinajstić information content (AvgIpc) is 2.77. The van der Waals surface area contributed by atoms with Crippen molar-refractivity contribution in [2.24, 2.45) is 5.73 Å². The van der Waals surface area contributed by atoms with Crippen LogP contribution in [0.25, 0.3) is 10.9 Å². The van der Waals surface area contributed by atoms with Crippen LogP contribution in [0.15, 0.2) is 18.2 Å². The molecule has 0 saturated heterocycles. The number of hydrogen-bond donors (Lipinski definition) is 3. The molecule has 110 valence electrons. The SMILES string of the molecule is CC.COc1cccc2[nH]c(C)c(CC(N)C(=O)O)c12. The Kier molecular flexibility index (Phi) is 5.58. The lowest BCUT2D eigenvalue weighted by molar-refractivity contribution is -0.138. The van der Waals surface area contributed by atoms with E-state index in [1.165, 1.54) is 0 Å². The molecular formula is C15H22N2O3. The van der Waals surface area contributed by atoms with Crippen LogP contribution >= 0.6 is 0 Å². The van der Waals surface area contributed by atoms with E-state index in [1.807, 2.05) is 39.0 Å². The Morgan fingerprint density at radius 3 is 2.65 bits per heavy atom. The van der Waals surface area contributed by atoms with Crippen molar-refractivity contribution in [3.05, 3.63) is 29.5 Å². The lowest BCUT2D eigenvalue weighted by atomic mass is 10.0. The van der Waals surface area contributed by atoms with Crippen molar-refractivity contribution in [1.82, 2.24) is 4.98 Å². The number of ether oxygens (including phenoxy) is 1. The molecule has 0 fully saturated rings. The molecular weight excluding hydrogens is 256 g/mol. The van der Waals surface area contributed by atoms with Crippen LogP contribution < -0.4 is 10.5 Å². The number of aromatic amines is 1. The summed E-state index contributed by atoms with van der Waals surface area (Å²) in [5.74, 6) is -0.275. The molecule has 0 amide bonds. The van der Waals surface area contributed by atoms with Gasteiger partial charge in [-0.15, -0.1) is 0 Å². The lowest BCUT2D eigenvalue weighted by Gasteiger charge is -2.08. The van der Waals surface area contributed by atoms with E-state index < -0.39 is 12.0 Å². The van der Waals surface area contributed by atoms with E-state index in [9.17, 15) is 4.79 Å². The summed E-state index contributed by atoms with van der Waals surface area (Å²) in [7, 11) is 1.60. The molecule has 1 heterocycles. The minimum Gasteiger partial charge on any atom is -0.496 e. The number of aromatic nitrogens is 1. The Balaban J connectivity index is 0.000000956. The van der Waals surface area contributed by atoms with Crippen LogP contribution in [0.3, 0.4) is 0 Å². The highest BCUT2D eigenvalue weighted by atomic mass is 16.5. The Hall–Kier alpha value is -2.01. The summed E-state index contributed by atoms with van der Waals surface area (Å²) >= 11 is 0. The number of fused-ring (bicyclic) bond motifs is 1. The first-order valence-electron chi connectivity index (χ1n) is 6.67. The third kappa shape index (κ3) is 3.11. The van der Waals surface area contributed by atoms with E-state index in [-0.39, 0.29) is 6.42 Å². The summed E-state index contributed by atoms with van der Waals surface area (Å²) in [5.41, 5.74) is 8.36. The van der Waals surface area contributed by atoms with Gasteiger partial charge in [0, 0.05) is 23.0 Å². The molecule has 5 heteroatoms. The van der Waals surface area contributed by atoms with Crippen molar-refractivity contribution >= 4 is 16.9 Å². The third-order valence-corrected chi connectivity index (χ3v) is 3.06. The van der Waals surface area contributed by atoms with Gasteiger partial charge in [0.2, 0.25) is 0 Å². The molecule has 4 N–H and O–H groups in total. The van der Waals surface area contributed by atoms with Gasteiger partial charge in [0.15, 0.2) is 0 Å². The van der Waals surface area contributed by atoms with Crippen molar-refractivity contribution < 1.29 is 14.6 Å². The van der Waals surface area contributed by atoms with Crippen molar-refractivity contribution in [3.63, 3.8) is 0 Å². The molecule has 2 rings (SSSR count). The van der Waals surface area contributed by atoms with Gasteiger partial charge >= 0.3 is 5.97 Å². The standard InChI is InChI=1S/C13H16N2O3.C2H6/c1-7-8(6-9(14)13(16)17)12-10(15-7)4-3-5-11(12)18-2;1-2/h3-5,9,15H,6,14H2,1-2H3,(H,16,17);1-2H3. The number of methoxy groups -OCH3 is 1. The van der Waals surface area contributed by atoms with E-state index >= 15 is 0 Å². The van der Waals surface area contributed by atoms with Crippen LogP contribution in [0.1, 0.15) is 25.1 Å². The zero-order valence-corrected chi connectivity index (χ0v) is 12.4. The molecule has 0 bridgehead atoms. The fourth-order valence-electron chi connectivity index (χ4n) is 2.14. The van der Waals surface area contributed by atoms with Gasteiger partial charge in [-0.1, -0.05) is 19.9 Å². The number of rotatable bonds is 4. The predicted octanol–water partition coefficient (Wildman–Crippen LogP) is 2.47. The van der Waals surface area contributed by atoms with Gasteiger partial charge in [-0.05, 0) is 24.6 Å². The Morgan fingerprint density at radius 2 is 2.10 bits per heavy atom. The summed E-state index contributed by atoms with van der Waals surface area (Å²) < 4.78 is 5.32. The second-order valence-electron chi connectivity index (χ2n) is 4.26. The maximum absolute atomic E-state index is 10.9. The van der Waals surface area contributed by atoms with Crippen molar-refractivity contribution in [1.29, 1.82) is 0 Å². The monoisotopic (exact) mass is 278 g/mol. The van der Waals surface area contributed by atoms with Crippen molar-refractivity contribution in [3.8, 4) is 5.75 Å². The first-order chi connectivity index (χ1) is 9.54. The van der Waals surface area contributed by atoms with Crippen LogP contribution in [-0.4, -0.2) is 29.2 Å². The third-order valence-electron chi connectivity index (χ3n) is 3.06. The van der Waals surface area contributed by atoms with Gasteiger partial charge in [0.1, 0.15) is 11.8 Å². The molecule has 0 aliphatic heterocycles. The average molecular weight is 278 g/mol. The van der Waals surface area contributed by atoms with E-state index in [0.717, 1.165) is 27.9 Å². The van der Waals surface area contributed by atoms with Crippen molar-refractivity contribution in [2.45, 2.75) is 33.2 Å². The number of aryl methyl sites for hydroxylation is 1. The molecule has 1 aromatic heterocycles. The van der Waals surface area contributed by atoms with Crippen LogP contribution in [-0.2, 0) is 11.2 Å². The van der Waals surface area contributed by atoms with Crippen LogP contribution in [0.5, 0.6) is 5.75 Å². The molecule has 1 unspecified atom stereocenters. The van der Waals surface area contributed by atoms with Gasteiger partial charge in [-0.25, -0.2) is 0 Å². The van der Waals surface area contributed by atoms with Crippen LogP contribution in [0.2, 0.25) is 0 Å². The first-order valence-corrected chi connectivity index (χ1v) is 6.67. The zero-order chi connectivity index (χ0) is 15.3. The van der Waals surface area contributed by atoms with Crippen molar-refractivity contribution in [2.75, 3.05) is 7.11 Å². The summed E-state index contributed by atoms with van der Waals surface area (Å²) in [5, 5.41) is 9.82. The number of carboxylic acid groups (broad SMARTS) is 1. The van der Waals surface area contributed by atoms with Gasteiger partial charge in [-0.3, -0.25) is 4.79 Å². The highest BCUT2D eigenvalue weighted by Gasteiger charge is 2.19. The Labute approximate surface area is 118 Å². The number of nitrogens with one attached hydrogen (secondary N) is 1. The van der Waals surface area contributed by atoms with E-state index in [0.29, 0.717) is 0 Å². The summed E-state index contributed by atoms with van der Waals surface area (Å²) in [6, 6.07) is 4.76. The molecule has 20 heavy (non-hydrogen) atoms. The lowest BCUT2D eigenvalue weighted by Crippen LogP contribution is -2.32. The first kappa shape index (κ1) is 16.0. The summed E-state index contributed by atoms with van der Waals surface area (Å²) in [6.45, 7) is 5.91. The minimum absolute atomic E-state index is 0.279. The highest BCUT2D eigenvalue weighted by Crippen LogP contribution is 2.31. The second-order valence-corrected chi connectivity index (χ2v) is 4.26. The van der Waals surface area contributed by atoms with Crippen LogP contribution in [0, 0.1) is 6.92 Å². The maximum atomic E-state index is 10.9. The minimum atomic E-state index is -1.00. The molecule has 0 radical (unpaired) electrons. The van der Waals surface area contributed by atoms with Gasteiger partial charge in [0.05, 0.1) is 7.11 Å². The maximum Gasteiger partial charge on any atom is 0.320 e. The molecule has 0 aliphatic carbocycles. The smallest absolute Gasteiger partial charge is 0.320 e. The van der Waals surface area contributed by atoms with E-state index in [1.54, 1.807) is 7.11 Å². The van der Waals surface area contributed by atoms with E-state index in [4.69, 9.17) is 15.6 Å². The molecule has 5 nitrogen and oxygen atoms in total. The van der Waals surface area contributed by atoms with Gasteiger partial charge in [0.25, 0.3) is 0 Å². The number of aliphatic carboxylic acids is 1. The fraction of sp³-hybridized carbons (Fsp3) is 0.400. The number of H-pyrrole nitrogens is 1. The molecule has 1 aromatic carbocycles. The summed E-state index contributed by atoms with van der Waals surface area (Å²) in [6.07, 6.45) is 0.279. The number of benzene rings is 1. The fourth-order valence-corrected chi connectivity index (χ4v) is 2.14. The molecule has 0 spiro atoms. The van der Waals surface area contributed by atoms with Crippen LogP contribution in [0.4, 0.5) is 0 Å². The largest absolute Gasteiger partial charge is 0.496 e. The zero-order valence-electron chi connectivity index (χ0n) is 12.4. The number of carboxylic acids is 1. The Bertz CT molecular complexity index is 590. The van der Waals surface area contributed by atoms with E-state index in [2.05, 4.69) is 4.98 Å². The molecule has 0 aliphatic rings. The summed E-state index contributed by atoms with van der Waals surface area (Å²) in [4.78, 5) is 14.1. The van der Waals surface area contributed by atoms with Gasteiger partial charge in [-0.2, -0.15) is 0 Å². The Morgan fingerprint density at radius 1 is 1.45 bits per heavy atom. The number of carbonyl (C=O) groups is 1. The quantitative estimate of drug-likeness (QED) is 0.801. The predicted molar refractivity (Wildman–Crippen MR) is 80.3 cm³/mol. The molecule has 0 saturated carbocycles.